The second-order valence-electron chi connectivity index (χ2n) is 6.35. The predicted molar refractivity (Wildman–Crippen MR) is 114 cm³/mol. The van der Waals surface area contributed by atoms with E-state index in [1.54, 1.807) is 21.2 Å². The van der Waals surface area contributed by atoms with Gasteiger partial charge < -0.3 is 9.80 Å². The zero-order valence-electron chi connectivity index (χ0n) is 14.9. The van der Waals surface area contributed by atoms with Crippen molar-refractivity contribution in [2.45, 2.75) is 0 Å². The number of nitrogens with zero attached hydrogens (tertiary/aromatic N) is 3. The Morgan fingerprint density at radius 2 is 1.69 bits per heavy atom. The molecule has 1 aliphatic rings. The number of halogens is 3. The van der Waals surface area contributed by atoms with Crippen molar-refractivity contribution in [1.82, 2.24) is 14.8 Å². The van der Waals surface area contributed by atoms with Crippen molar-refractivity contribution in [1.29, 1.82) is 0 Å². The fourth-order valence-corrected chi connectivity index (χ4v) is 5.18. The highest BCUT2D eigenvalue weighted by molar-refractivity contribution is 7.23. The van der Waals surface area contributed by atoms with E-state index >= 15 is 0 Å². The number of thiazole rings is 1. The molecule has 0 unspecified atom stereocenters. The third-order valence-electron chi connectivity index (χ3n) is 4.52. The van der Waals surface area contributed by atoms with Crippen molar-refractivity contribution >= 4 is 57.7 Å². The molecule has 0 saturated carbocycles. The molecule has 1 aliphatic heterocycles. The molecule has 1 saturated heterocycles. The monoisotopic (exact) mass is 469 g/mol. The summed E-state index contributed by atoms with van der Waals surface area (Å²) in [4.78, 5) is 34.1. The number of rotatable bonds is 3. The van der Waals surface area contributed by atoms with Crippen LogP contribution in [0, 0.1) is 5.82 Å². The maximum Gasteiger partial charge on any atom is 0.273 e. The van der Waals surface area contributed by atoms with E-state index in [2.05, 4.69) is 4.98 Å². The molecule has 3 heterocycles. The van der Waals surface area contributed by atoms with Crippen LogP contribution < -0.4 is 0 Å². The Morgan fingerprint density at radius 1 is 1.00 bits per heavy atom. The molecular formula is C19H14Cl2FN3O2S2. The van der Waals surface area contributed by atoms with Crippen molar-refractivity contribution < 1.29 is 14.0 Å². The molecule has 2 amide bonds. The van der Waals surface area contributed by atoms with Gasteiger partial charge in [-0.1, -0.05) is 23.2 Å². The normalized spacial score (nSPS) is 14.3. The highest BCUT2D eigenvalue weighted by atomic mass is 35.5. The van der Waals surface area contributed by atoms with Crippen LogP contribution in [0.3, 0.4) is 0 Å². The zero-order chi connectivity index (χ0) is 20.5. The van der Waals surface area contributed by atoms with Crippen molar-refractivity contribution in [3.63, 3.8) is 0 Å². The van der Waals surface area contributed by atoms with E-state index in [-0.39, 0.29) is 22.4 Å². The molecule has 1 fully saturated rings. The van der Waals surface area contributed by atoms with E-state index in [4.69, 9.17) is 23.2 Å². The first-order valence-corrected chi connectivity index (χ1v) is 11.1. The second-order valence-corrected chi connectivity index (χ2v) is 9.33. The van der Waals surface area contributed by atoms with Gasteiger partial charge in [-0.15, -0.1) is 22.7 Å². The van der Waals surface area contributed by atoms with Crippen LogP contribution in [0.4, 0.5) is 4.39 Å². The molecule has 4 rings (SSSR count). The number of thiophene rings is 1. The Kier molecular flexibility index (Phi) is 5.87. The lowest BCUT2D eigenvalue weighted by molar-refractivity contribution is 0.0533. The molecule has 150 valence electrons. The van der Waals surface area contributed by atoms with Crippen LogP contribution in [-0.2, 0) is 0 Å². The summed E-state index contributed by atoms with van der Waals surface area (Å²) < 4.78 is 13.9. The van der Waals surface area contributed by atoms with Crippen molar-refractivity contribution in [2.75, 3.05) is 26.2 Å². The van der Waals surface area contributed by atoms with Crippen LogP contribution in [0.2, 0.25) is 9.36 Å². The van der Waals surface area contributed by atoms with Crippen molar-refractivity contribution in [3.8, 4) is 9.88 Å². The molecule has 29 heavy (non-hydrogen) atoms. The van der Waals surface area contributed by atoms with Crippen LogP contribution in [-0.4, -0.2) is 52.8 Å². The van der Waals surface area contributed by atoms with Gasteiger partial charge in [-0.05, 0) is 30.3 Å². The maximum absolute atomic E-state index is 13.2. The molecule has 0 radical (unpaired) electrons. The van der Waals surface area contributed by atoms with E-state index in [1.165, 1.54) is 34.8 Å². The molecule has 0 aliphatic carbocycles. The summed E-state index contributed by atoms with van der Waals surface area (Å²) in [5.74, 6) is -0.927. The van der Waals surface area contributed by atoms with Crippen molar-refractivity contribution in [3.05, 3.63) is 62.1 Å². The molecule has 0 bridgehead atoms. The first-order chi connectivity index (χ1) is 13.9. The Labute approximate surface area is 184 Å². The molecule has 0 atom stereocenters. The third kappa shape index (κ3) is 4.30. The minimum atomic E-state index is -0.491. The predicted octanol–water partition coefficient (Wildman–Crippen LogP) is 4.92. The summed E-state index contributed by atoms with van der Waals surface area (Å²) in [5.41, 5.74) is 0.641. The number of amides is 2. The van der Waals surface area contributed by atoms with Crippen LogP contribution >= 0.6 is 45.9 Å². The van der Waals surface area contributed by atoms with Crippen LogP contribution in [0.1, 0.15) is 20.8 Å². The number of hydrogen-bond acceptors (Lipinski definition) is 5. The molecule has 2 aromatic heterocycles. The molecule has 0 spiro atoms. The standard InChI is InChI=1S/C19H14Cl2FN3O2S2/c20-13-9-11(22)1-2-12(13)18(26)24-5-7-25(8-6-24)19(27)14-10-28-17(23-14)15-3-4-16(21)29-15/h1-4,9-10H,5-8H2. The molecule has 0 N–H and O–H groups in total. The minimum absolute atomic E-state index is 0.0807. The summed E-state index contributed by atoms with van der Waals surface area (Å²) in [6, 6.07) is 7.39. The fourth-order valence-electron chi connectivity index (χ4n) is 3.02. The first-order valence-electron chi connectivity index (χ1n) is 8.67. The highest BCUT2D eigenvalue weighted by Crippen LogP contribution is 2.33. The van der Waals surface area contributed by atoms with Gasteiger partial charge in [0.2, 0.25) is 0 Å². The lowest BCUT2D eigenvalue weighted by Gasteiger charge is -2.34. The van der Waals surface area contributed by atoms with Gasteiger partial charge in [0, 0.05) is 31.6 Å². The molecular weight excluding hydrogens is 456 g/mol. The van der Waals surface area contributed by atoms with Gasteiger partial charge in [-0.2, -0.15) is 0 Å². The third-order valence-corrected chi connectivity index (χ3v) is 7.08. The Balaban J connectivity index is 1.40. The quantitative estimate of drug-likeness (QED) is 0.547. The SMILES string of the molecule is O=C(c1csc(-c2ccc(Cl)s2)n1)N1CCN(C(=O)c2ccc(F)cc2Cl)CC1. The summed E-state index contributed by atoms with van der Waals surface area (Å²) in [6.07, 6.45) is 0. The second kappa shape index (κ2) is 8.39. The summed E-state index contributed by atoms with van der Waals surface area (Å²) in [6.45, 7) is 1.52. The lowest BCUT2D eigenvalue weighted by atomic mass is 10.1. The number of carbonyl (C=O) groups is 2. The van der Waals surface area contributed by atoms with E-state index in [0.29, 0.717) is 36.2 Å². The molecule has 3 aromatic rings. The number of aromatic nitrogens is 1. The molecule has 5 nitrogen and oxygen atoms in total. The van der Waals surface area contributed by atoms with Gasteiger partial charge in [-0.3, -0.25) is 9.59 Å². The number of piperazine rings is 1. The first kappa shape index (κ1) is 20.3. The van der Waals surface area contributed by atoms with E-state index in [1.807, 2.05) is 6.07 Å². The largest absolute Gasteiger partial charge is 0.335 e. The number of carbonyl (C=O) groups excluding carboxylic acids is 2. The van der Waals surface area contributed by atoms with Crippen molar-refractivity contribution in [2.24, 2.45) is 0 Å². The van der Waals surface area contributed by atoms with Crippen LogP contribution in [0.5, 0.6) is 0 Å². The van der Waals surface area contributed by atoms with Gasteiger partial charge >= 0.3 is 0 Å². The molecule has 10 heteroatoms. The van der Waals surface area contributed by atoms with E-state index < -0.39 is 5.82 Å². The Morgan fingerprint density at radius 3 is 2.31 bits per heavy atom. The van der Waals surface area contributed by atoms with Gasteiger partial charge in [0.1, 0.15) is 16.5 Å². The zero-order valence-corrected chi connectivity index (χ0v) is 18.0. The summed E-state index contributed by atoms with van der Waals surface area (Å²) >= 11 is 14.8. The summed E-state index contributed by atoms with van der Waals surface area (Å²) in [7, 11) is 0. The highest BCUT2D eigenvalue weighted by Gasteiger charge is 2.27. The Bertz CT molecular complexity index is 1080. The van der Waals surface area contributed by atoms with E-state index in [9.17, 15) is 14.0 Å². The smallest absolute Gasteiger partial charge is 0.273 e. The minimum Gasteiger partial charge on any atom is -0.335 e. The average molecular weight is 470 g/mol. The lowest BCUT2D eigenvalue weighted by Crippen LogP contribution is -2.50. The average Bonchev–Trinajstić information content (AvgIpc) is 3.36. The van der Waals surface area contributed by atoms with Crippen LogP contribution in [0.25, 0.3) is 9.88 Å². The van der Waals surface area contributed by atoms with E-state index in [0.717, 1.165) is 16.0 Å². The number of hydrogen-bond donors (Lipinski definition) is 0. The Hall–Kier alpha value is -2.00. The maximum atomic E-state index is 13.2. The number of benzene rings is 1. The van der Waals surface area contributed by atoms with Crippen LogP contribution in [0.15, 0.2) is 35.7 Å². The topological polar surface area (TPSA) is 53.5 Å². The van der Waals surface area contributed by atoms with Gasteiger partial charge in [-0.25, -0.2) is 9.37 Å². The van der Waals surface area contributed by atoms with Gasteiger partial charge in [0.25, 0.3) is 11.8 Å². The fraction of sp³-hybridized carbons (Fsp3) is 0.211. The molecule has 1 aromatic carbocycles. The van der Waals surface area contributed by atoms with Gasteiger partial charge in [0.15, 0.2) is 0 Å². The summed E-state index contributed by atoms with van der Waals surface area (Å²) in [5, 5.41) is 2.57. The van der Waals surface area contributed by atoms with Gasteiger partial charge in [0.05, 0.1) is 19.8 Å².